The highest BCUT2D eigenvalue weighted by Gasteiger charge is 2.07. The number of aromatic nitrogens is 3. The third kappa shape index (κ3) is 4.81. The molecule has 1 rings (SSSR count). The molecular weight excluding hydrogens is 220 g/mol. The fourth-order valence-corrected chi connectivity index (χ4v) is 1.14. The zero-order valence-electron chi connectivity index (χ0n) is 10.5. The lowest BCUT2D eigenvalue weighted by Crippen LogP contribution is -2.16. The molecule has 1 aromatic heterocycles. The summed E-state index contributed by atoms with van der Waals surface area (Å²) in [5.74, 6) is 6.04. The number of rotatable bonds is 7. The predicted octanol–water partition coefficient (Wildman–Crippen LogP) is 1.16. The first kappa shape index (κ1) is 13.4. The quantitative estimate of drug-likeness (QED) is 0.373. The second kappa shape index (κ2) is 6.85. The van der Waals surface area contributed by atoms with Crippen molar-refractivity contribution in [2.75, 3.05) is 17.3 Å². The fraction of sp³-hybridized carbons (Fsp3) is 0.700. The van der Waals surface area contributed by atoms with Gasteiger partial charge in [-0.1, -0.05) is 13.3 Å². The standard InChI is InChI=1S/C10H20N6O/c1-4-5-6-12-8-13-9(16-11)15-10(14-8)17-7(2)3/h7H,4-6,11H2,1-3H3,(H2,12,13,14,15,16). The minimum absolute atomic E-state index is 0.00603. The SMILES string of the molecule is CCCCNc1nc(NN)nc(OC(C)C)n1. The number of nitrogens with zero attached hydrogens (tertiary/aromatic N) is 3. The van der Waals surface area contributed by atoms with Crippen LogP contribution in [-0.2, 0) is 0 Å². The van der Waals surface area contributed by atoms with Crippen LogP contribution < -0.4 is 21.3 Å². The number of hydrogen-bond donors (Lipinski definition) is 3. The third-order valence-corrected chi connectivity index (χ3v) is 1.90. The van der Waals surface area contributed by atoms with Gasteiger partial charge in [0.2, 0.25) is 11.9 Å². The summed E-state index contributed by atoms with van der Waals surface area (Å²) in [6.07, 6.45) is 2.17. The lowest BCUT2D eigenvalue weighted by Gasteiger charge is -2.10. The summed E-state index contributed by atoms with van der Waals surface area (Å²) < 4.78 is 5.41. The van der Waals surface area contributed by atoms with Crippen LogP contribution in [0.25, 0.3) is 0 Å². The molecule has 0 bridgehead atoms. The van der Waals surface area contributed by atoms with Crippen LogP contribution in [0.5, 0.6) is 6.01 Å². The molecule has 96 valence electrons. The van der Waals surface area contributed by atoms with Crippen LogP contribution in [0.1, 0.15) is 33.6 Å². The van der Waals surface area contributed by atoms with Gasteiger partial charge in [0.1, 0.15) is 0 Å². The van der Waals surface area contributed by atoms with E-state index in [9.17, 15) is 0 Å². The smallest absolute Gasteiger partial charge is 0.323 e. The molecule has 0 aliphatic heterocycles. The molecule has 1 heterocycles. The van der Waals surface area contributed by atoms with Crippen molar-refractivity contribution in [1.82, 2.24) is 15.0 Å². The summed E-state index contributed by atoms with van der Waals surface area (Å²) in [5, 5.41) is 3.10. The number of nitrogen functional groups attached to an aromatic ring is 1. The van der Waals surface area contributed by atoms with E-state index in [1.54, 1.807) is 0 Å². The highest BCUT2D eigenvalue weighted by Crippen LogP contribution is 2.11. The Morgan fingerprint density at radius 3 is 2.53 bits per heavy atom. The molecule has 7 heteroatoms. The Hall–Kier alpha value is -1.63. The molecule has 0 aliphatic rings. The van der Waals surface area contributed by atoms with Crippen LogP contribution >= 0.6 is 0 Å². The number of hydrazine groups is 1. The Morgan fingerprint density at radius 2 is 1.94 bits per heavy atom. The minimum Gasteiger partial charge on any atom is -0.461 e. The molecule has 7 nitrogen and oxygen atoms in total. The van der Waals surface area contributed by atoms with E-state index in [1.807, 2.05) is 13.8 Å². The van der Waals surface area contributed by atoms with Crippen molar-refractivity contribution in [2.24, 2.45) is 5.84 Å². The molecule has 0 atom stereocenters. The van der Waals surface area contributed by atoms with Gasteiger partial charge in [0.25, 0.3) is 0 Å². The second-order valence-electron chi connectivity index (χ2n) is 3.86. The summed E-state index contributed by atoms with van der Waals surface area (Å²) in [6, 6.07) is 0.266. The first-order valence-corrected chi connectivity index (χ1v) is 5.79. The van der Waals surface area contributed by atoms with Gasteiger partial charge in [0, 0.05) is 6.54 Å². The molecule has 17 heavy (non-hydrogen) atoms. The Labute approximate surface area is 101 Å². The van der Waals surface area contributed by atoms with E-state index in [0.717, 1.165) is 19.4 Å². The maximum absolute atomic E-state index is 5.41. The van der Waals surface area contributed by atoms with Gasteiger partial charge in [-0.3, -0.25) is 5.43 Å². The van der Waals surface area contributed by atoms with E-state index in [1.165, 1.54) is 0 Å². The van der Waals surface area contributed by atoms with Gasteiger partial charge in [-0.15, -0.1) is 0 Å². The fourth-order valence-electron chi connectivity index (χ4n) is 1.14. The summed E-state index contributed by atoms with van der Waals surface area (Å²) in [6.45, 7) is 6.74. The molecule has 0 unspecified atom stereocenters. The predicted molar refractivity (Wildman–Crippen MR) is 66.8 cm³/mol. The Bertz CT molecular complexity index is 344. The molecular formula is C10H20N6O. The summed E-state index contributed by atoms with van der Waals surface area (Å²) in [5.41, 5.74) is 2.39. The minimum atomic E-state index is 0.00603. The molecule has 0 amide bonds. The first-order chi connectivity index (χ1) is 8.15. The maximum Gasteiger partial charge on any atom is 0.323 e. The Morgan fingerprint density at radius 1 is 1.24 bits per heavy atom. The van der Waals surface area contributed by atoms with Crippen molar-refractivity contribution in [3.63, 3.8) is 0 Å². The van der Waals surface area contributed by atoms with E-state index >= 15 is 0 Å². The van der Waals surface area contributed by atoms with E-state index < -0.39 is 0 Å². The zero-order chi connectivity index (χ0) is 12.7. The average molecular weight is 240 g/mol. The van der Waals surface area contributed by atoms with Gasteiger partial charge in [0.15, 0.2) is 0 Å². The Balaban J connectivity index is 2.74. The highest BCUT2D eigenvalue weighted by molar-refractivity contribution is 5.34. The van der Waals surface area contributed by atoms with Crippen molar-refractivity contribution >= 4 is 11.9 Å². The van der Waals surface area contributed by atoms with Gasteiger partial charge < -0.3 is 10.1 Å². The average Bonchev–Trinajstić information content (AvgIpc) is 2.28. The molecule has 0 saturated carbocycles. The van der Waals surface area contributed by atoms with Crippen molar-refractivity contribution in [3.8, 4) is 6.01 Å². The molecule has 0 radical (unpaired) electrons. The van der Waals surface area contributed by atoms with Gasteiger partial charge in [-0.25, -0.2) is 5.84 Å². The normalized spacial score (nSPS) is 10.4. The number of hydrogen-bond acceptors (Lipinski definition) is 7. The maximum atomic E-state index is 5.41. The van der Waals surface area contributed by atoms with Gasteiger partial charge in [-0.05, 0) is 20.3 Å². The summed E-state index contributed by atoms with van der Waals surface area (Å²) in [7, 11) is 0. The van der Waals surface area contributed by atoms with E-state index in [4.69, 9.17) is 10.6 Å². The van der Waals surface area contributed by atoms with Crippen LogP contribution in [-0.4, -0.2) is 27.6 Å². The highest BCUT2D eigenvalue weighted by atomic mass is 16.5. The topological polar surface area (TPSA) is 98.0 Å². The third-order valence-electron chi connectivity index (χ3n) is 1.90. The lowest BCUT2D eigenvalue weighted by molar-refractivity contribution is 0.222. The monoisotopic (exact) mass is 240 g/mol. The molecule has 0 saturated heterocycles. The number of ether oxygens (including phenoxy) is 1. The van der Waals surface area contributed by atoms with Crippen molar-refractivity contribution in [3.05, 3.63) is 0 Å². The van der Waals surface area contributed by atoms with E-state index in [-0.39, 0.29) is 18.1 Å². The number of nitrogens with two attached hydrogens (primary N) is 1. The van der Waals surface area contributed by atoms with Crippen molar-refractivity contribution in [1.29, 1.82) is 0 Å². The number of nitrogens with one attached hydrogen (secondary N) is 2. The first-order valence-electron chi connectivity index (χ1n) is 5.79. The zero-order valence-corrected chi connectivity index (χ0v) is 10.5. The van der Waals surface area contributed by atoms with Crippen molar-refractivity contribution in [2.45, 2.75) is 39.7 Å². The molecule has 0 aromatic carbocycles. The molecule has 1 aromatic rings. The molecule has 0 fully saturated rings. The molecule has 0 aliphatic carbocycles. The summed E-state index contributed by atoms with van der Waals surface area (Å²) >= 11 is 0. The Kier molecular flexibility index (Phi) is 5.41. The van der Waals surface area contributed by atoms with Gasteiger partial charge >= 0.3 is 6.01 Å². The van der Waals surface area contributed by atoms with Crippen LogP contribution in [0.15, 0.2) is 0 Å². The molecule has 4 N–H and O–H groups in total. The van der Waals surface area contributed by atoms with Gasteiger partial charge in [-0.2, -0.15) is 15.0 Å². The molecule has 0 spiro atoms. The number of anilines is 2. The van der Waals surface area contributed by atoms with Crippen LogP contribution in [0, 0.1) is 0 Å². The van der Waals surface area contributed by atoms with Crippen LogP contribution in [0.4, 0.5) is 11.9 Å². The largest absolute Gasteiger partial charge is 0.461 e. The number of unbranched alkanes of at least 4 members (excludes halogenated alkanes) is 1. The lowest BCUT2D eigenvalue weighted by atomic mass is 10.3. The van der Waals surface area contributed by atoms with Gasteiger partial charge in [0.05, 0.1) is 6.10 Å². The van der Waals surface area contributed by atoms with Crippen LogP contribution in [0.3, 0.4) is 0 Å². The van der Waals surface area contributed by atoms with E-state index in [2.05, 4.69) is 32.6 Å². The second-order valence-corrected chi connectivity index (χ2v) is 3.86. The van der Waals surface area contributed by atoms with Crippen molar-refractivity contribution < 1.29 is 4.74 Å². The van der Waals surface area contributed by atoms with E-state index in [0.29, 0.717) is 5.95 Å². The van der Waals surface area contributed by atoms with Crippen LogP contribution in [0.2, 0.25) is 0 Å². The summed E-state index contributed by atoms with van der Waals surface area (Å²) in [4.78, 5) is 12.2.